The van der Waals surface area contributed by atoms with Crippen molar-refractivity contribution in [2.45, 2.75) is 12.8 Å². The number of hydrogen-bond acceptors (Lipinski definition) is 5. The number of fused-ring (bicyclic) bond motifs is 3. The largest absolute Gasteiger partial charge is 0.507 e. The van der Waals surface area contributed by atoms with E-state index in [-0.39, 0.29) is 36.9 Å². The maximum absolute atomic E-state index is 13.0. The molecule has 7 heteroatoms. The molecule has 0 radical (unpaired) electrons. The summed E-state index contributed by atoms with van der Waals surface area (Å²) in [5.41, 5.74) is 0.526. The van der Waals surface area contributed by atoms with Gasteiger partial charge < -0.3 is 24.6 Å². The van der Waals surface area contributed by atoms with Gasteiger partial charge >= 0.3 is 5.97 Å². The lowest BCUT2D eigenvalue weighted by molar-refractivity contribution is -0.151. The van der Waals surface area contributed by atoms with Gasteiger partial charge in [-0.3, -0.25) is 9.59 Å². The van der Waals surface area contributed by atoms with Gasteiger partial charge in [0.25, 0.3) is 5.91 Å². The highest BCUT2D eigenvalue weighted by Gasteiger charge is 2.57. The first-order chi connectivity index (χ1) is 13.4. The molecule has 0 unspecified atom stereocenters. The molecule has 1 amide bonds. The Morgan fingerprint density at radius 3 is 2.71 bits per heavy atom. The van der Waals surface area contributed by atoms with Crippen molar-refractivity contribution >= 4 is 11.9 Å². The number of benzene rings is 2. The van der Waals surface area contributed by atoms with Crippen LogP contribution in [0.5, 0.6) is 17.2 Å². The molecule has 2 aliphatic rings. The molecular weight excluding hydrogens is 362 g/mol. The number of carboxylic acid groups (broad SMARTS) is 1. The number of hydrogen-bond donors (Lipinski definition) is 2. The van der Waals surface area contributed by atoms with Crippen LogP contribution in [-0.2, 0) is 4.79 Å². The number of aryl methyl sites for hydroxylation is 1. The molecular formula is C21H21NO6. The number of methoxy groups -OCH3 is 1. The van der Waals surface area contributed by atoms with Crippen LogP contribution in [0.2, 0.25) is 0 Å². The van der Waals surface area contributed by atoms with Gasteiger partial charge in [-0.25, -0.2) is 0 Å². The molecule has 0 aromatic heterocycles. The van der Waals surface area contributed by atoms with Crippen LogP contribution < -0.4 is 9.47 Å². The minimum atomic E-state index is -1.22. The predicted octanol–water partition coefficient (Wildman–Crippen LogP) is 2.41. The Labute approximate surface area is 162 Å². The summed E-state index contributed by atoms with van der Waals surface area (Å²) in [4.78, 5) is 26.7. The molecule has 4 rings (SSSR count). The van der Waals surface area contributed by atoms with E-state index in [0.29, 0.717) is 11.5 Å². The normalized spacial score (nSPS) is 22.8. The van der Waals surface area contributed by atoms with Crippen molar-refractivity contribution in [3.05, 3.63) is 53.1 Å². The third kappa shape index (κ3) is 2.66. The molecule has 2 heterocycles. The minimum absolute atomic E-state index is 0.0185. The summed E-state index contributed by atoms with van der Waals surface area (Å²) in [5.74, 6) is -0.697. The minimum Gasteiger partial charge on any atom is -0.507 e. The number of aromatic hydroxyl groups is 1. The van der Waals surface area contributed by atoms with Crippen LogP contribution in [0.15, 0.2) is 36.4 Å². The molecule has 146 valence electrons. The van der Waals surface area contributed by atoms with Gasteiger partial charge in [0.15, 0.2) is 0 Å². The SMILES string of the molecule is COc1ccc2c(c1)OC[C@]1(C(=O)O)CN(C(=O)c3ccc(C)cc3O)C[C@H]21. The van der Waals surface area contributed by atoms with E-state index < -0.39 is 17.3 Å². The van der Waals surface area contributed by atoms with Crippen molar-refractivity contribution in [1.82, 2.24) is 4.90 Å². The van der Waals surface area contributed by atoms with Gasteiger partial charge in [-0.15, -0.1) is 0 Å². The Bertz CT molecular complexity index is 971. The van der Waals surface area contributed by atoms with Crippen LogP contribution in [0, 0.1) is 12.3 Å². The fourth-order valence-electron chi connectivity index (χ4n) is 4.14. The standard InChI is InChI=1S/C21H21NO6/c1-12-3-5-15(17(23)7-12)19(24)22-9-16-14-6-4-13(27-2)8-18(14)28-11-21(16,10-22)20(25)26/h3-8,16,23H,9-11H2,1-2H3,(H,25,26)/t16-,21-/m1/s1. The highest BCUT2D eigenvalue weighted by molar-refractivity contribution is 5.98. The summed E-state index contributed by atoms with van der Waals surface area (Å²) < 4.78 is 11.0. The number of phenolic OH excluding ortho intramolecular Hbond substituents is 1. The molecule has 28 heavy (non-hydrogen) atoms. The van der Waals surface area contributed by atoms with Gasteiger partial charge in [0, 0.05) is 30.6 Å². The number of carboxylic acids is 1. The molecule has 2 atom stereocenters. The Hall–Kier alpha value is -3.22. The lowest BCUT2D eigenvalue weighted by atomic mass is 9.73. The van der Waals surface area contributed by atoms with Crippen LogP contribution >= 0.6 is 0 Å². The second-order valence-corrected chi connectivity index (χ2v) is 7.41. The maximum Gasteiger partial charge on any atom is 0.315 e. The van der Waals surface area contributed by atoms with Crippen molar-refractivity contribution in [3.8, 4) is 17.2 Å². The predicted molar refractivity (Wildman–Crippen MR) is 100 cm³/mol. The lowest BCUT2D eigenvalue weighted by Gasteiger charge is -2.35. The van der Waals surface area contributed by atoms with E-state index in [1.54, 1.807) is 37.4 Å². The molecule has 0 saturated carbocycles. The van der Waals surface area contributed by atoms with Crippen molar-refractivity contribution in [3.63, 3.8) is 0 Å². The molecule has 0 bridgehead atoms. The van der Waals surface area contributed by atoms with Gasteiger partial charge in [-0.2, -0.15) is 0 Å². The average molecular weight is 383 g/mol. The maximum atomic E-state index is 13.0. The zero-order valence-corrected chi connectivity index (χ0v) is 15.6. The molecule has 2 N–H and O–H groups in total. The Morgan fingerprint density at radius 2 is 2.04 bits per heavy atom. The molecule has 0 spiro atoms. The fraction of sp³-hybridized carbons (Fsp3) is 0.333. The van der Waals surface area contributed by atoms with E-state index in [2.05, 4.69) is 0 Å². The van der Waals surface area contributed by atoms with Crippen molar-refractivity contribution in [2.75, 3.05) is 26.8 Å². The number of carbonyl (C=O) groups is 2. The summed E-state index contributed by atoms with van der Waals surface area (Å²) in [6.45, 7) is 2.04. The van der Waals surface area contributed by atoms with Crippen LogP contribution in [0.4, 0.5) is 0 Å². The molecule has 1 fully saturated rings. The Kier molecular flexibility index (Phi) is 4.18. The van der Waals surface area contributed by atoms with Crippen LogP contribution in [0.25, 0.3) is 0 Å². The van der Waals surface area contributed by atoms with E-state index in [1.165, 1.54) is 11.0 Å². The van der Waals surface area contributed by atoms with Crippen LogP contribution in [0.1, 0.15) is 27.4 Å². The van der Waals surface area contributed by atoms with Crippen LogP contribution in [-0.4, -0.2) is 53.8 Å². The summed E-state index contributed by atoms with van der Waals surface area (Å²) in [7, 11) is 1.55. The molecule has 1 saturated heterocycles. The molecule has 7 nitrogen and oxygen atoms in total. The second-order valence-electron chi connectivity index (χ2n) is 7.41. The number of rotatable bonds is 3. The van der Waals surface area contributed by atoms with E-state index >= 15 is 0 Å². The monoisotopic (exact) mass is 383 g/mol. The number of amides is 1. The first kappa shape index (κ1) is 18.2. The van der Waals surface area contributed by atoms with Crippen molar-refractivity contribution < 1.29 is 29.3 Å². The molecule has 0 aliphatic carbocycles. The zero-order valence-electron chi connectivity index (χ0n) is 15.6. The highest BCUT2D eigenvalue weighted by atomic mass is 16.5. The summed E-state index contributed by atoms with van der Waals surface area (Å²) in [6.07, 6.45) is 0. The molecule has 2 aromatic rings. The fourth-order valence-corrected chi connectivity index (χ4v) is 4.14. The Balaban J connectivity index is 1.71. The average Bonchev–Trinajstić information content (AvgIpc) is 3.08. The van der Waals surface area contributed by atoms with E-state index in [4.69, 9.17) is 9.47 Å². The summed E-state index contributed by atoms with van der Waals surface area (Å²) in [5, 5.41) is 20.2. The quantitative estimate of drug-likeness (QED) is 0.845. The first-order valence-electron chi connectivity index (χ1n) is 8.99. The van der Waals surface area contributed by atoms with Crippen molar-refractivity contribution in [1.29, 1.82) is 0 Å². The van der Waals surface area contributed by atoms with Crippen LogP contribution in [0.3, 0.4) is 0 Å². The number of likely N-dealkylation sites (tertiary alicyclic amines) is 1. The molecule has 2 aromatic carbocycles. The van der Waals surface area contributed by atoms with E-state index in [0.717, 1.165) is 11.1 Å². The van der Waals surface area contributed by atoms with E-state index in [1.807, 2.05) is 6.92 Å². The Morgan fingerprint density at radius 1 is 1.25 bits per heavy atom. The topological polar surface area (TPSA) is 96.3 Å². The number of ether oxygens (including phenoxy) is 2. The third-order valence-corrected chi connectivity index (χ3v) is 5.72. The second kappa shape index (κ2) is 6.44. The van der Waals surface area contributed by atoms with E-state index in [9.17, 15) is 19.8 Å². The number of phenols is 1. The lowest BCUT2D eigenvalue weighted by Crippen LogP contribution is -2.46. The number of nitrogens with zero attached hydrogens (tertiary/aromatic N) is 1. The summed E-state index contributed by atoms with van der Waals surface area (Å²) in [6, 6.07) is 10.1. The van der Waals surface area contributed by atoms with Gasteiger partial charge in [-0.1, -0.05) is 12.1 Å². The van der Waals surface area contributed by atoms with Gasteiger partial charge in [0.1, 0.15) is 29.3 Å². The highest BCUT2D eigenvalue weighted by Crippen LogP contribution is 2.50. The zero-order chi connectivity index (χ0) is 20.1. The molecule has 2 aliphatic heterocycles. The summed E-state index contributed by atoms with van der Waals surface area (Å²) >= 11 is 0. The van der Waals surface area contributed by atoms with Crippen molar-refractivity contribution in [2.24, 2.45) is 5.41 Å². The smallest absolute Gasteiger partial charge is 0.315 e. The number of carbonyl (C=O) groups excluding carboxylic acids is 1. The third-order valence-electron chi connectivity index (χ3n) is 5.72. The van der Waals surface area contributed by atoms with Gasteiger partial charge in [-0.05, 0) is 30.7 Å². The first-order valence-corrected chi connectivity index (χ1v) is 8.99. The number of aliphatic carboxylic acids is 1. The van der Waals surface area contributed by atoms with Gasteiger partial charge in [0.05, 0.1) is 12.7 Å². The van der Waals surface area contributed by atoms with Gasteiger partial charge in [0.2, 0.25) is 0 Å².